The number of benzene rings is 3. The summed E-state index contributed by atoms with van der Waals surface area (Å²) in [4.78, 5) is 8.79. The van der Waals surface area contributed by atoms with Crippen LogP contribution in [0.1, 0.15) is 49.8 Å². The van der Waals surface area contributed by atoms with E-state index in [1.165, 1.54) is 44.9 Å². The number of hydrogen-bond donors (Lipinski definition) is 1. The minimum absolute atomic E-state index is 0.134. The van der Waals surface area contributed by atoms with Gasteiger partial charge in [-0.2, -0.15) is 0 Å². The number of aromatic amines is 1. The lowest BCUT2D eigenvalue weighted by atomic mass is 9.78. The molecule has 1 saturated carbocycles. The van der Waals surface area contributed by atoms with E-state index in [0.29, 0.717) is 0 Å². The first-order valence-corrected chi connectivity index (χ1v) is 10.3. The van der Waals surface area contributed by atoms with Crippen molar-refractivity contribution >= 4 is 33.2 Å². The molecule has 1 aliphatic carbocycles. The summed E-state index contributed by atoms with van der Waals surface area (Å²) in [5, 5.41) is 2.67. The van der Waals surface area contributed by atoms with Gasteiger partial charge in [-0.05, 0) is 61.4 Å². The molecule has 0 bridgehead atoms. The Morgan fingerprint density at radius 1 is 0.964 bits per heavy atom. The normalized spacial score (nSPS) is 22.5. The van der Waals surface area contributed by atoms with Crippen molar-refractivity contribution in [3.05, 3.63) is 77.4 Å². The molecular formula is C26H24N2. The van der Waals surface area contributed by atoms with Crippen LogP contribution >= 0.6 is 0 Å². The average molecular weight is 364 g/mol. The standard InChI is InChI=1S/C26H24N2/c1-15-13-19(15)17-9-11-21-20(14-17)18-10-12-22-23(24(18)27-21)26(2,3)25(28-22)16-7-5-4-6-8-16/h4-12,14-15,19,27H,13H2,1-3H3/t15?,19-/m0/s1. The van der Waals surface area contributed by atoms with Gasteiger partial charge >= 0.3 is 0 Å². The molecule has 28 heavy (non-hydrogen) atoms. The van der Waals surface area contributed by atoms with Gasteiger partial charge in [-0.1, -0.05) is 49.4 Å². The Morgan fingerprint density at radius 2 is 1.75 bits per heavy atom. The van der Waals surface area contributed by atoms with Crippen LogP contribution in [0.5, 0.6) is 0 Å². The first kappa shape index (κ1) is 16.1. The number of nitrogens with one attached hydrogen (secondary N) is 1. The van der Waals surface area contributed by atoms with Gasteiger partial charge in [0.15, 0.2) is 0 Å². The lowest BCUT2D eigenvalue weighted by Crippen LogP contribution is -2.26. The van der Waals surface area contributed by atoms with Gasteiger partial charge in [0.25, 0.3) is 0 Å². The maximum atomic E-state index is 5.06. The predicted octanol–water partition coefficient (Wildman–Crippen LogP) is 6.86. The van der Waals surface area contributed by atoms with Crippen molar-refractivity contribution in [2.75, 3.05) is 0 Å². The van der Waals surface area contributed by atoms with Crippen LogP contribution in [0.15, 0.2) is 65.7 Å². The number of aromatic nitrogens is 1. The number of hydrogen-bond acceptors (Lipinski definition) is 1. The van der Waals surface area contributed by atoms with E-state index in [-0.39, 0.29) is 5.41 Å². The van der Waals surface area contributed by atoms with Gasteiger partial charge in [0.2, 0.25) is 0 Å². The van der Waals surface area contributed by atoms with Gasteiger partial charge in [-0.15, -0.1) is 0 Å². The van der Waals surface area contributed by atoms with Crippen molar-refractivity contribution in [1.29, 1.82) is 0 Å². The molecule has 0 amide bonds. The number of aliphatic imine (C=N–C) groups is 1. The second-order valence-corrected chi connectivity index (χ2v) is 9.08. The van der Waals surface area contributed by atoms with E-state index in [1.54, 1.807) is 0 Å². The zero-order valence-electron chi connectivity index (χ0n) is 16.6. The van der Waals surface area contributed by atoms with Gasteiger partial charge in [-0.3, -0.25) is 4.99 Å². The van der Waals surface area contributed by atoms with Gasteiger partial charge < -0.3 is 4.98 Å². The fourth-order valence-electron chi connectivity index (χ4n) is 5.12. The second-order valence-electron chi connectivity index (χ2n) is 9.08. The molecule has 2 nitrogen and oxygen atoms in total. The Hall–Kier alpha value is -2.87. The largest absolute Gasteiger partial charge is 0.354 e. The number of rotatable bonds is 2. The highest BCUT2D eigenvalue weighted by Gasteiger charge is 2.38. The molecule has 2 heterocycles. The molecule has 138 valence electrons. The van der Waals surface area contributed by atoms with Crippen LogP contribution in [-0.4, -0.2) is 10.7 Å². The summed E-state index contributed by atoms with van der Waals surface area (Å²) in [5.74, 6) is 1.57. The third-order valence-corrected chi connectivity index (χ3v) is 6.81. The first-order valence-electron chi connectivity index (χ1n) is 10.3. The average Bonchev–Trinajstić information content (AvgIpc) is 3.21. The molecular weight excluding hydrogens is 340 g/mol. The fourth-order valence-corrected chi connectivity index (χ4v) is 5.12. The van der Waals surface area contributed by atoms with E-state index >= 15 is 0 Å². The monoisotopic (exact) mass is 364 g/mol. The van der Waals surface area contributed by atoms with Crippen molar-refractivity contribution in [2.24, 2.45) is 10.9 Å². The zero-order chi connectivity index (χ0) is 19.0. The molecule has 1 aliphatic heterocycles. The smallest absolute Gasteiger partial charge is 0.0696 e. The molecule has 0 radical (unpaired) electrons. The highest BCUT2D eigenvalue weighted by molar-refractivity contribution is 6.18. The highest BCUT2D eigenvalue weighted by Crippen LogP contribution is 2.49. The van der Waals surface area contributed by atoms with Crippen LogP contribution in [0.25, 0.3) is 21.8 Å². The minimum atomic E-state index is -0.134. The van der Waals surface area contributed by atoms with Gasteiger partial charge in [0.05, 0.1) is 16.9 Å². The maximum Gasteiger partial charge on any atom is 0.0696 e. The summed E-state index contributed by atoms with van der Waals surface area (Å²) in [6.07, 6.45) is 1.32. The van der Waals surface area contributed by atoms with Crippen molar-refractivity contribution in [3.8, 4) is 0 Å². The van der Waals surface area contributed by atoms with E-state index in [9.17, 15) is 0 Å². The summed E-state index contributed by atoms with van der Waals surface area (Å²) in [5.41, 5.74) is 8.60. The molecule has 0 spiro atoms. The summed E-state index contributed by atoms with van der Waals surface area (Å²) in [7, 11) is 0. The molecule has 6 rings (SSSR count). The minimum Gasteiger partial charge on any atom is -0.354 e. The zero-order valence-corrected chi connectivity index (χ0v) is 16.6. The van der Waals surface area contributed by atoms with Crippen LogP contribution in [0.2, 0.25) is 0 Å². The number of fused-ring (bicyclic) bond motifs is 5. The quantitative estimate of drug-likeness (QED) is 0.402. The van der Waals surface area contributed by atoms with Gasteiger partial charge in [0.1, 0.15) is 0 Å². The third kappa shape index (κ3) is 2.12. The Morgan fingerprint density at radius 3 is 2.50 bits per heavy atom. The maximum absolute atomic E-state index is 5.06. The van der Waals surface area contributed by atoms with Crippen LogP contribution in [0.4, 0.5) is 5.69 Å². The molecule has 4 aromatic rings. The first-order chi connectivity index (χ1) is 13.5. The fraction of sp³-hybridized carbons (Fsp3) is 0.269. The molecule has 1 N–H and O–H groups in total. The number of H-pyrrole nitrogens is 1. The molecule has 0 saturated heterocycles. The Balaban J connectivity index is 1.56. The lowest BCUT2D eigenvalue weighted by molar-refractivity contribution is 0.743. The Kier molecular flexibility index (Phi) is 3.08. The molecule has 1 aromatic heterocycles. The summed E-state index contributed by atoms with van der Waals surface area (Å²) in [6, 6.07) is 22.0. The summed E-state index contributed by atoms with van der Waals surface area (Å²) >= 11 is 0. The highest BCUT2D eigenvalue weighted by atomic mass is 14.8. The van der Waals surface area contributed by atoms with E-state index in [1.807, 2.05) is 0 Å². The third-order valence-electron chi connectivity index (χ3n) is 6.81. The molecule has 1 fully saturated rings. The van der Waals surface area contributed by atoms with E-state index in [0.717, 1.165) is 23.2 Å². The van der Waals surface area contributed by atoms with E-state index < -0.39 is 0 Å². The van der Waals surface area contributed by atoms with Gasteiger partial charge in [0, 0.05) is 27.3 Å². The van der Waals surface area contributed by atoms with Crippen LogP contribution in [0, 0.1) is 5.92 Å². The Bertz CT molecular complexity index is 1270. The lowest BCUT2D eigenvalue weighted by Gasteiger charge is -2.23. The van der Waals surface area contributed by atoms with Crippen molar-refractivity contribution in [1.82, 2.24) is 4.98 Å². The van der Waals surface area contributed by atoms with Crippen LogP contribution in [0.3, 0.4) is 0 Å². The van der Waals surface area contributed by atoms with E-state index in [4.69, 9.17) is 4.99 Å². The molecule has 2 atom stereocenters. The topological polar surface area (TPSA) is 28.1 Å². The molecule has 1 unspecified atom stereocenters. The molecule has 3 aromatic carbocycles. The Labute approximate surface area is 165 Å². The summed E-state index contributed by atoms with van der Waals surface area (Å²) < 4.78 is 0. The predicted molar refractivity (Wildman–Crippen MR) is 118 cm³/mol. The van der Waals surface area contributed by atoms with Gasteiger partial charge in [-0.25, -0.2) is 0 Å². The molecule has 2 heteroatoms. The van der Waals surface area contributed by atoms with Crippen LogP contribution < -0.4 is 0 Å². The second kappa shape index (κ2) is 5.35. The van der Waals surface area contributed by atoms with Crippen molar-refractivity contribution in [2.45, 2.75) is 38.5 Å². The van der Waals surface area contributed by atoms with Crippen LogP contribution in [-0.2, 0) is 5.41 Å². The van der Waals surface area contributed by atoms with E-state index in [2.05, 4.69) is 86.4 Å². The van der Waals surface area contributed by atoms with Crippen molar-refractivity contribution < 1.29 is 0 Å². The van der Waals surface area contributed by atoms with Crippen molar-refractivity contribution in [3.63, 3.8) is 0 Å². The number of nitrogens with zero attached hydrogens (tertiary/aromatic N) is 1. The summed E-state index contributed by atoms with van der Waals surface area (Å²) in [6.45, 7) is 6.95. The SMILES string of the molecule is CC1C[C@@H]1c1ccc2[nH]c3c4c(ccc3c2c1)N=C(c1ccccc1)C4(C)C. The molecule has 2 aliphatic rings.